The Bertz CT molecular complexity index is 694. The number of hydrogen-bond acceptors (Lipinski definition) is 4. The van der Waals surface area contributed by atoms with Gasteiger partial charge < -0.3 is 4.74 Å². The zero-order chi connectivity index (χ0) is 16.7. The molecule has 0 spiro atoms. The Kier molecular flexibility index (Phi) is 3.93. The molecule has 3 heterocycles. The van der Waals surface area contributed by atoms with E-state index in [0.29, 0.717) is 31.5 Å². The first-order chi connectivity index (χ1) is 11.0. The van der Waals surface area contributed by atoms with Gasteiger partial charge >= 0.3 is 12.0 Å². The number of ether oxygens (including phenoxy) is 1. The minimum atomic E-state index is -0.554. The molecule has 1 aromatic heterocycles. The second kappa shape index (κ2) is 5.77. The minimum Gasteiger partial charge on any atom is -0.381 e. The van der Waals surface area contributed by atoms with E-state index >= 15 is 0 Å². The van der Waals surface area contributed by atoms with E-state index in [1.165, 1.54) is 9.80 Å². The van der Waals surface area contributed by atoms with E-state index in [4.69, 9.17) is 4.74 Å². The Labute approximate surface area is 134 Å². The van der Waals surface area contributed by atoms with Gasteiger partial charge in [0.05, 0.1) is 13.2 Å². The molecule has 1 fully saturated rings. The fourth-order valence-electron chi connectivity index (χ4n) is 3.12. The van der Waals surface area contributed by atoms with Gasteiger partial charge in [0.25, 0.3) is 5.91 Å². The smallest absolute Gasteiger partial charge is 0.381 e. The highest BCUT2D eigenvalue weighted by Gasteiger charge is 2.52. The summed E-state index contributed by atoms with van der Waals surface area (Å²) in [5.41, 5.74) is 1.01. The summed E-state index contributed by atoms with van der Waals surface area (Å²) in [4.78, 5) is 32.5. The van der Waals surface area contributed by atoms with Crippen LogP contribution in [0.15, 0.2) is 11.2 Å². The van der Waals surface area contributed by atoms with Crippen LogP contribution in [0.4, 0.5) is 10.7 Å². The molecule has 2 aliphatic rings. The molecule has 8 heteroatoms. The van der Waals surface area contributed by atoms with Crippen LogP contribution in [0.5, 0.6) is 0 Å². The summed E-state index contributed by atoms with van der Waals surface area (Å²) in [5, 5.41) is 0. The van der Waals surface area contributed by atoms with Crippen LogP contribution in [0, 0.1) is 6.92 Å². The number of carbonyl (C=O) groups excluding carboxylic acids is 2. The van der Waals surface area contributed by atoms with Gasteiger partial charge in [-0.05, 0) is 13.3 Å². The van der Waals surface area contributed by atoms with Gasteiger partial charge in [-0.1, -0.05) is 11.9 Å². The first-order valence-electron chi connectivity index (χ1n) is 7.79. The third-order valence-corrected chi connectivity index (χ3v) is 4.29. The number of aliphatic imine (C=N–C) groups is 1. The fourth-order valence-corrected chi connectivity index (χ4v) is 3.12. The number of fused-ring (bicyclic) bond motifs is 3. The average molecular weight is 320 g/mol. The molecule has 0 aromatic carbocycles. The molecule has 1 saturated heterocycles. The Morgan fingerprint density at radius 3 is 2.74 bits per heavy atom. The Morgan fingerprint density at radius 2 is 2.09 bits per heavy atom. The van der Waals surface area contributed by atoms with Crippen LogP contribution >= 0.6 is 0 Å². The number of urea groups is 1. The van der Waals surface area contributed by atoms with Crippen LogP contribution < -0.4 is 4.57 Å². The molecule has 0 N–H and O–H groups in total. The van der Waals surface area contributed by atoms with Crippen LogP contribution in [0.3, 0.4) is 0 Å². The van der Waals surface area contributed by atoms with Crippen molar-refractivity contribution in [1.29, 1.82) is 0 Å². The zero-order valence-corrected chi connectivity index (χ0v) is 13.9. The number of methoxy groups -OCH3 is 1. The Balaban J connectivity index is 2.03. The SMILES string of the molecule is CCCN1C(=O)C2C(=Nc3n(CCOC)c(C)c[n+]32)N(C)C1=O. The number of aryl methyl sites for hydroxylation is 1. The van der Waals surface area contributed by atoms with E-state index in [0.717, 1.165) is 12.1 Å². The number of hydrogen-bond donors (Lipinski definition) is 0. The normalized spacial score (nSPS) is 20.0. The molecule has 3 rings (SSSR count). The summed E-state index contributed by atoms with van der Waals surface area (Å²) in [6.45, 7) is 5.55. The Morgan fingerprint density at radius 1 is 1.35 bits per heavy atom. The summed E-state index contributed by atoms with van der Waals surface area (Å²) in [6.07, 6.45) is 2.65. The summed E-state index contributed by atoms with van der Waals surface area (Å²) in [5.74, 6) is 0.973. The number of rotatable bonds is 5. The quantitative estimate of drug-likeness (QED) is 0.747. The van der Waals surface area contributed by atoms with Crippen molar-refractivity contribution in [3.8, 4) is 0 Å². The number of nitrogens with zero attached hydrogens (tertiary/aromatic N) is 5. The van der Waals surface area contributed by atoms with Gasteiger partial charge in [-0.25, -0.2) is 13.9 Å². The highest BCUT2D eigenvalue weighted by Crippen LogP contribution is 2.29. The molecule has 0 saturated carbocycles. The van der Waals surface area contributed by atoms with E-state index in [9.17, 15) is 9.59 Å². The zero-order valence-electron chi connectivity index (χ0n) is 13.9. The van der Waals surface area contributed by atoms with E-state index in [-0.39, 0.29) is 11.9 Å². The number of carbonyl (C=O) groups is 2. The maximum absolute atomic E-state index is 12.8. The van der Waals surface area contributed by atoms with Crippen molar-refractivity contribution >= 4 is 23.7 Å². The molecule has 1 aromatic rings. The number of imidazole rings is 1. The number of likely N-dealkylation sites (N-methyl/N-ethyl adjacent to an activating group) is 1. The van der Waals surface area contributed by atoms with Gasteiger partial charge in [0.15, 0.2) is 0 Å². The van der Waals surface area contributed by atoms with Crippen molar-refractivity contribution in [3.05, 3.63) is 11.9 Å². The van der Waals surface area contributed by atoms with E-state index in [1.54, 1.807) is 14.2 Å². The second-order valence-corrected chi connectivity index (χ2v) is 5.83. The van der Waals surface area contributed by atoms with Gasteiger partial charge in [0, 0.05) is 20.7 Å². The predicted molar refractivity (Wildman–Crippen MR) is 82.5 cm³/mol. The van der Waals surface area contributed by atoms with Crippen molar-refractivity contribution in [2.45, 2.75) is 32.9 Å². The highest BCUT2D eigenvalue weighted by molar-refractivity contribution is 6.19. The van der Waals surface area contributed by atoms with Gasteiger partial charge in [-0.3, -0.25) is 14.6 Å². The maximum Gasteiger partial charge on any atom is 0.402 e. The summed E-state index contributed by atoms with van der Waals surface area (Å²) < 4.78 is 9.00. The summed E-state index contributed by atoms with van der Waals surface area (Å²) in [7, 11) is 3.32. The molecule has 2 aliphatic heterocycles. The van der Waals surface area contributed by atoms with E-state index < -0.39 is 6.04 Å². The van der Waals surface area contributed by atoms with Gasteiger partial charge in [-0.15, -0.1) is 0 Å². The third kappa shape index (κ3) is 2.24. The monoisotopic (exact) mass is 320 g/mol. The number of amides is 3. The molecular weight excluding hydrogens is 298 g/mol. The average Bonchev–Trinajstić information content (AvgIpc) is 3.03. The van der Waals surface area contributed by atoms with Gasteiger partial charge in [-0.2, -0.15) is 0 Å². The molecule has 3 amide bonds. The molecule has 0 bridgehead atoms. The van der Waals surface area contributed by atoms with Crippen LogP contribution in [-0.2, 0) is 16.1 Å². The van der Waals surface area contributed by atoms with Gasteiger partial charge in [0.2, 0.25) is 11.9 Å². The van der Waals surface area contributed by atoms with Crippen molar-refractivity contribution in [3.63, 3.8) is 0 Å². The number of imide groups is 1. The standard InChI is InChI=1S/C15H22N5O3/c1-5-6-19-13(21)11-12(17(3)15(19)22)16-14-18(7-8-23-4)10(2)9-20(11)14/h9,11H,5-8H2,1-4H3/q+1. The third-order valence-electron chi connectivity index (χ3n) is 4.29. The van der Waals surface area contributed by atoms with Crippen LogP contribution in [-0.4, -0.2) is 59.4 Å². The van der Waals surface area contributed by atoms with Crippen molar-refractivity contribution in [2.24, 2.45) is 4.99 Å². The van der Waals surface area contributed by atoms with Gasteiger partial charge in [0.1, 0.15) is 11.9 Å². The molecule has 124 valence electrons. The Hall–Kier alpha value is -2.22. The van der Waals surface area contributed by atoms with Crippen molar-refractivity contribution < 1.29 is 18.9 Å². The highest BCUT2D eigenvalue weighted by atomic mass is 16.5. The first kappa shape index (κ1) is 15.7. The first-order valence-corrected chi connectivity index (χ1v) is 7.79. The molecule has 0 aliphatic carbocycles. The molecule has 23 heavy (non-hydrogen) atoms. The molecule has 1 atom stereocenters. The molecule has 0 radical (unpaired) electrons. The second-order valence-electron chi connectivity index (χ2n) is 5.83. The lowest BCUT2D eigenvalue weighted by atomic mass is 10.1. The van der Waals surface area contributed by atoms with Crippen LogP contribution in [0.25, 0.3) is 0 Å². The van der Waals surface area contributed by atoms with Crippen molar-refractivity contribution in [1.82, 2.24) is 14.4 Å². The fraction of sp³-hybridized carbons (Fsp3) is 0.600. The number of aromatic nitrogens is 2. The lowest BCUT2D eigenvalue weighted by molar-refractivity contribution is -0.677. The van der Waals surface area contributed by atoms with E-state index in [2.05, 4.69) is 4.99 Å². The topological polar surface area (TPSA) is 71.0 Å². The van der Waals surface area contributed by atoms with Crippen LogP contribution in [0.1, 0.15) is 25.1 Å². The minimum absolute atomic E-state index is 0.207. The largest absolute Gasteiger partial charge is 0.402 e. The molecule has 8 nitrogen and oxygen atoms in total. The number of amidine groups is 1. The van der Waals surface area contributed by atoms with E-state index in [1.807, 2.05) is 29.2 Å². The summed E-state index contributed by atoms with van der Waals surface area (Å²) >= 11 is 0. The molecule has 1 unspecified atom stereocenters. The maximum atomic E-state index is 12.8. The van der Waals surface area contributed by atoms with Crippen LogP contribution in [0.2, 0.25) is 0 Å². The molecular formula is C15H22N5O3+. The van der Waals surface area contributed by atoms with Crippen molar-refractivity contribution in [2.75, 3.05) is 27.3 Å². The lowest BCUT2D eigenvalue weighted by Gasteiger charge is -2.32. The summed E-state index contributed by atoms with van der Waals surface area (Å²) in [6, 6.07) is -0.862. The predicted octanol–water partition coefficient (Wildman–Crippen LogP) is 0.619. The lowest BCUT2D eigenvalue weighted by Crippen LogP contribution is -2.62.